The lowest BCUT2D eigenvalue weighted by Crippen LogP contribution is -2.42. The van der Waals surface area contributed by atoms with Gasteiger partial charge in [-0.3, -0.25) is 15.3 Å². The van der Waals surface area contributed by atoms with Crippen LogP contribution in [0.5, 0.6) is 0 Å². The van der Waals surface area contributed by atoms with E-state index in [0.717, 1.165) is 5.56 Å². The minimum absolute atomic E-state index is 0. The Hall–Kier alpha value is -1.82. The summed E-state index contributed by atoms with van der Waals surface area (Å²) in [4.78, 5) is 12.2. The first-order chi connectivity index (χ1) is 8.08. The van der Waals surface area contributed by atoms with E-state index >= 15 is 0 Å². The van der Waals surface area contributed by atoms with Gasteiger partial charge in [0, 0.05) is 18.4 Å². The number of hydrogen-bond acceptors (Lipinski definition) is 3. The molecule has 1 rings (SSSR count). The fourth-order valence-corrected chi connectivity index (χ4v) is 1.15. The van der Waals surface area contributed by atoms with E-state index in [1.54, 1.807) is 12.4 Å². The summed E-state index contributed by atoms with van der Waals surface area (Å²) in [5, 5.41) is 2.72. The number of nitrogens with one attached hydrogen (secondary N) is 1. The Bertz CT molecular complexity index is 401. The van der Waals surface area contributed by atoms with Crippen LogP contribution in [-0.2, 0) is 6.54 Å². The first-order valence-corrected chi connectivity index (χ1v) is 5.37. The van der Waals surface area contributed by atoms with Crippen LogP contribution in [-0.4, -0.2) is 22.9 Å². The van der Waals surface area contributed by atoms with E-state index in [4.69, 9.17) is 11.5 Å². The van der Waals surface area contributed by atoms with Gasteiger partial charge in [-0.2, -0.15) is 0 Å². The normalized spacial score (nSPS) is 12.2. The molecular formula is C11H19ClN6. The number of hydrogen-bond donors (Lipinski definition) is 3. The van der Waals surface area contributed by atoms with E-state index in [0.29, 0.717) is 6.54 Å². The highest BCUT2D eigenvalue weighted by Crippen LogP contribution is 1.96. The van der Waals surface area contributed by atoms with Crippen molar-refractivity contribution in [1.82, 2.24) is 10.3 Å². The molecular weight excluding hydrogens is 252 g/mol. The summed E-state index contributed by atoms with van der Waals surface area (Å²) in [6.45, 7) is 4.32. The minimum Gasteiger partial charge on any atom is -0.370 e. The zero-order valence-electron chi connectivity index (χ0n) is 10.5. The van der Waals surface area contributed by atoms with Crippen molar-refractivity contribution in [1.29, 1.82) is 0 Å². The van der Waals surface area contributed by atoms with Gasteiger partial charge in [0.1, 0.15) is 0 Å². The summed E-state index contributed by atoms with van der Waals surface area (Å²) >= 11 is 0. The van der Waals surface area contributed by atoms with Crippen molar-refractivity contribution in [3.8, 4) is 0 Å². The molecule has 7 heteroatoms. The van der Waals surface area contributed by atoms with Crippen LogP contribution in [0, 0.1) is 0 Å². The van der Waals surface area contributed by atoms with Crippen LogP contribution in [0.1, 0.15) is 19.4 Å². The van der Waals surface area contributed by atoms with Crippen LogP contribution in [0.25, 0.3) is 0 Å². The molecule has 0 spiro atoms. The summed E-state index contributed by atoms with van der Waals surface area (Å²) in [5.41, 5.74) is 12.2. The molecule has 6 nitrogen and oxygen atoms in total. The number of aromatic nitrogens is 1. The molecule has 0 bridgehead atoms. The van der Waals surface area contributed by atoms with E-state index in [2.05, 4.69) is 20.3 Å². The van der Waals surface area contributed by atoms with Crippen molar-refractivity contribution >= 4 is 24.3 Å². The molecule has 0 aliphatic carbocycles. The third-order valence-corrected chi connectivity index (χ3v) is 1.81. The third kappa shape index (κ3) is 6.70. The molecule has 0 aromatic carbocycles. The van der Waals surface area contributed by atoms with E-state index in [1.165, 1.54) is 0 Å². The summed E-state index contributed by atoms with van der Waals surface area (Å²) in [5.74, 6) is 0.517. The van der Waals surface area contributed by atoms with Gasteiger partial charge >= 0.3 is 0 Å². The van der Waals surface area contributed by atoms with Crippen LogP contribution >= 0.6 is 12.4 Å². The molecule has 1 heterocycles. The number of rotatable bonds is 3. The van der Waals surface area contributed by atoms with E-state index in [9.17, 15) is 0 Å². The fraction of sp³-hybridized carbons (Fsp3) is 0.364. The third-order valence-electron chi connectivity index (χ3n) is 1.81. The molecule has 0 aliphatic heterocycles. The number of aliphatic imine (C=N–C) groups is 2. The lowest BCUT2D eigenvalue weighted by atomic mass is 10.3. The molecule has 0 aliphatic rings. The Morgan fingerprint density at radius 1 is 1.39 bits per heavy atom. The van der Waals surface area contributed by atoms with Gasteiger partial charge in [0.2, 0.25) is 0 Å². The molecule has 5 N–H and O–H groups in total. The molecule has 1 aromatic rings. The van der Waals surface area contributed by atoms with Gasteiger partial charge in [-0.25, -0.2) is 4.99 Å². The van der Waals surface area contributed by atoms with Gasteiger partial charge in [0.15, 0.2) is 11.9 Å². The second kappa shape index (κ2) is 8.30. The lowest BCUT2D eigenvalue weighted by Gasteiger charge is -2.05. The zero-order chi connectivity index (χ0) is 12.7. The quantitative estimate of drug-likeness (QED) is 0.554. The van der Waals surface area contributed by atoms with Crippen molar-refractivity contribution in [2.75, 3.05) is 0 Å². The van der Waals surface area contributed by atoms with Crippen LogP contribution in [0.3, 0.4) is 0 Å². The van der Waals surface area contributed by atoms with E-state index in [-0.39, 0.29) is 30.4 Å². The lowest BCUT2D eigenvalue weighted by molar-refractivity contribution is 0.827. The monoisotopic (exact) mass is 270 g/mol. The maximum Gasteiger partial charge on any atom is 0.195 e. The predicted octanol–water partition coefficient (Wildman–Crippen LogP) is 0.631. The second-order valence-electron chi connectivity index (χ2n) is 3.80. The van der Waals surface area contributed by atoms with Gasteiger partial charge in [-0.1, -0.05) is 6.07 Å². The number of guanidine groups is 2. The van der Waals surface area contributed by atoms with Crippen LogP contribution in [0.2, 0.25) is 0 Å². The Morgan fingerprint density at radius 2 is 2.11 bits per heavy atom. The Balaban J connectivity index is 0.00000289. The van der Waals surface area contributed by atoms with Gasteiger partial charge in [0.25, 0.3) is 0 Å². The second-order valence-corrected chi connectivity index (χ2v) is 3.80. The molecule has 0 saturated carbocycles. The highest BCUT2D eigenvalue weighted by atomic mass is 35.5. The number of halogens is 1. The summed E-state index contributed by atoms with van der Waals surface area (Å²) < 4.78 is 0. The minimum atomic E-state index is 0. The number of nitrogens with zero attached hydrogens (tertiary/aromatic N) is 3. The SMILES string of the molecule is CC(C)N=C(N)NC(N)=NCc1cccnc1.Cl. The van der Waals surface area contributed by atoms with Gasteiger partial charge in [0.05, 0.1) is 6.54 Å². The number of pyridine rings is 1. The van der Waals surface area contributed by atoms with Crippen molar-refractivity contribution < 1.29 is 0 Å². The van der Waals surface area contributed by atoms with Gasteiger partial charge in [-0.05, 0) is 25.5 Å². The van der Waals surface area contributed by atoms with Crippen LogP contribution < -0.4 is 16.8 Å². The number of nitrogens with two attached hydrogens (primary N) is 2. The molecule has 100 valence electrons. The Labute approximate surface area is 113 Å². The highest BCUT2D eigenvalue weighted by Gasteiger charge is 1.97. The van der Waals surface area contributed by atoms with E-state index in [1.807, 2.05) is 26.0 Å². The van der Waals surface area contributed by atoms with Crippen molar-refractivity contribution in [3.05, 3.63) is 30.1 Å². The summed E-state index contributed by atoms with van der Waals surface area (Å²) in [7, 11) is 0. The maximum absolute atomic E-state index is 5.66. The average molecular weight is 271 g/mol. The largest absolute Gasteiger partial charge is 0.370 e. The molecule has 0 fully saturated rings. The molecule has 1 aromatic heterocycles. The molecule has 0 radical (unpaired) electrons. The first kappa shape index (κ1) is 16.2. The molecule has 18 heavy (non-hydrogen) atoms. The highest BCUT2D eigenvalue weighted by molar-refractivity contribution is 5.97. The van der Waals surface area contributed by atoms with Gasteiger partial charge < -0.3 is 11.5 Å². The van der Waals surface area contributed by atoms with Crippen molar-refractivity contribution in [2.24, 2.45) is 21.5 Å². The summed E-state index contributed by atoms with van der Waals surface area (Å²) in [6, 6.07) is 3.90. The molecule has 0 unspecified atom stereocenters. The van der Waals surface area contributed by atoms with Crippen LogP contribution in [0.15, 0.2) is 34.5 Å². The smallest absolute Gasteiger partial charge is 0.195 e. The standard InChI is InChI=1S/C11H18N6.ClH/c1-8(2)16-11(13)17-10(12)15-7-9-4-3-5-14-6-9;/h3-6,8H,7H2,1-2H3,(H5,12,13,15,16,17);1H. The van der Waals surface area contributed by atoms with Crippen molar-refractivity contribution in [2.45, 2.75) is 26.4 Å². The zero-order valence-corrected chi connectivity index (χ0v) is 11.3. The van der Waals surface area contributed by atoms with Crippen LogP contribution in [0.4, 0.5) is 0 Å². The Morgan fingerprint density at radius 3 is 2.67 bits per heavy atom. The predicted molar refractivity (Wildman–Crippen MR) is 76.7 cm³/mol. The summed E-state index contributed by atoms with van der Waals surface area (Å²) in [6.07, 6.45) is 3.45. The first-order valence-electron chi connectivity index (χ1n) is 5.37. The molecule has 0 atom stereocenters. The van der Waals surface area contributed by atoms with E-state index < -0.39 is 0 Å². The fourth-order valence-electron chi connectivity index (χ4n) is 1.15. The maximum atomic E-state index is 5.66. The average Bonchev–Trinajstić information content (AvgIpc) is 2.26. The topological polar surface area (TPSA) is 102 Å². The van der Waals surface area contributed by atoms with Crippen molar-refractivity contribution in [3.63, 3.8) is 0 Å². The van der Waals surface area contributed by atoms with Gasteiger partial charge in [-0.15, -0.1) is 12.4 Å². The molecule has 0 amide bonds. The Kier molecular flexibility index (Phi) is 7.46. The molecule has 0 saturated heterocycles.